The molecular weight excluding hydrogens is 319 g/mol. The van der Waals surface area contributed by atoms with E-state index in [-0.39, 0.29) is 5.02 Å². The minimum Gasteiger partial charge on any atom is -0.488 e. The third-order valence-electron chi connectivity index (χ3n) is 2.88. The fourth-order valence-electron chi connectivity index (χ4n) is 1.95. The largest absolute Gasteiger partial charge is 0.488 e. The molecule has 1 unspecified atom stereocenters. The second-order valence-corrected chi connectivity index (χ2v) is 5.96. The van der Waals surface area contributed by atoms with Crippen molar-refractivity contribution in [3.8, 4) is 5.75 Å². The van der Waals surface area contributed by atoms with E-state index in [1.54, 1.807) is 19.1 Å². The van der Waals surface area contributed by atoms with E-state index in [0.717, 1.165) is 0 Å². The predicted molar refractivity (Wildman–Crippen MR) is 76.3 cm³/mol. The van der Waals surface area contributed by atoms with E-state index >= 15 is 0 Å². The third kappa shape index (κ3) is 3.60. The molecule has 114 valence electrons. The molecule has 0 aromatic heterocycles. The minimum absolute atomic E-state index is 0.284. The van der Waals surface area contributed by atoms with Gasteiger partial charge in [-0.05, 0) is 25.1 Å². The van der Waals surface area contributed by atoms with Crippen molar-refractivity contribution in [2.45, 2.75) is 32.7 Å². The van der Waals surface area contributed by atoms with E-state index in [1.165, 1.54) is 19.9 Å². The minimum atomic E-state index is -1.26. The van der Waals surface area contributed by atoms with E-state index in [9.17, 15) is 9.59 Å². The number of ether oxygens (including phenoxy) is 3. The van der Waals surface area contributed by atoms with Crippen molar-refractivity contribution in [3.63, 3.8) is 0 Å². The molecule has 1 aromatic carbocycles. The number of hydrogen-bond donors (Lipinski definition) is 0. The van der Waals surface area contributed by atoms with Gasteiger partial charge in [-0.1, -0.05) is 23.2 Å². The summed E-state index contributed by atoms with van der Waals surface area (Å²) in [5.74, 6) is -3.48. The Hall–Kier alpha value is -1.46. The van der Waals surface area contributed by atoms with Crippen LogP contribution in [0.15, 0.2) is 18.2 Å². The molecule has 0 bridgehead atoms. The Kier molecular flexibility index (Phi) is 4.35. The highest BCUT2D eigenvalue weighted by Gasteiger charge is 2.47. The lowest BCUT2D eigenvalue weighted by atomic mass is 10.0. The summed E-state index contributed by atoms with van der Waals surface area (Å²) in [6.45, 7) is 4.54. The van der Waals surface area contributed by atoms with Crippen LogP contribution in [-0.4, -0.2) is 23.8 Å². The zero-order valence-corrected chi connectivity index (χ0v) is 13.2. The van der Waals surface area contributed by atoms with Crippen LogP contribution in [-0.2, 0) is 19.1 Å². The van der Waals surface area contributed by atoms with Crippen LogP contribution in [0.2, 0.25) is 10.0 Å². The van der Waals surface area contributed by atoms with Gasteiger partial charge in [0.15, 0.2) is 5.92 Å². The normalized spacial score (nSPS) is 19.7. The van der Waals surface area contributed by atoms with Crippen molar-refractivity contribution < 1.29 is 23.8 Å². The van der Waals surface area contributed by atoms with Gasteiger partial charge in [-0.3, -0.25) is 9.59 Å². The lowest BCUT2D eigenvalue weighted by Gasteiger charge is -2.34. The molecule has 0 N–H and O–H groups in total. The molecule has 7 heteroatoms. The topological polar surface area (TPSA) is 61.8 Å². The average Bonchev–Trinajstić information content (AvgIpc) is 2.30. The van der Waals surface area contributed by atoms with Crippen molar-refractivity contribution in [1.82, 2.24) is 0 Å². The Morgan fingerprint density at radius 1 is 1.19 bits per heavy atom. The maximum atomic E-state index is 11.9. The van der Waals surface area contributed by atoms with E-state index in [1.807, 2.05) is 0 Å². The highest BCUT2D eigenvalue weighted by atomic mass is 35.5. The SMILES string of the molecule is CC(Oc1ccc(Cl)cc1Cl)C1C(=O)OC(C)(C)OC1=O. The van der Waals surface area contributed by atoms with Crippen molar-refractivity contribution >= 4 is 35.1 Å². The summed E-state index contributed by atoms with van der Waals surface area (Å²) >= 11 is 11.8. The lowest BCUT2D eigenvalue weighted by Crippen LogP contribution is -2.50. The van der Waals surface area contributed by atoms with Gasteiger partial charge in [0.2, 0.25) is 0 Å². The summed E-state index contributed by atoms with van der Waals surface area (Å²) in [6.07, 6.45) is -0.792. The standard InChI is InChI=1S/C14H14Cl2O5/c1-7(19-10-5-4-8(15)6-9(10)16)11-12(17)20-14(2,3)21-13(11)18/h4-7,11H,1-3H3. The maximum absolute atomic E-state index is 11.9. The Morgan fingerprint density at radius 3 is 2.29 bits per heavy atom. The Morgan fingerprint density at radius 2 is 1.76 bits per heavy atom. The van der Waals surface area contributed by atoms with Crippen molar-refractivity contribution in [2.24, 2.45) is 5.92 Å². The number of cyclic esters (lactones) is 2. The highest BCUT2D eigenvalue weighted by Crippen LogP contribution is 2.31. The van der Waals surface area contributed by atoms with Crippen molar-refractivity contribution in [3.05, 3.63) is 28.2 Å². The molecule has 1 aliphatic rings. The van der Waals surface area contributed by atoms with Gasteiger partial charge in [0.25, 0.3) is 5.79 Å². The monoisotopic (exact) mass is 332 g/mol. The quantitative estimate of drug-likeness (QED) is 0.628. The molecule has 0 saturated carbocycles. The first-order chi connectivity index (χ1) is 9.69. The van der Waals surface area contributed by atoms with E-state index < -0.39 is 29.7 Å². The molecule has 0 radical (unpaired) electrons. The van der Waals surface area contributed by atoms with Crippen LogP contribution in [0.4, 0.5) is 0 Å². The second kappa shape index (κ2) is 5.73. The average molecular weight is 333 g/mol. The number of benzene rings is 1. The van der Waals surface area contributed by atoms with Gasteiger partial charge in [-0.15, -0.1) is 0 Å². The molecule has 1 aromatic rings. The maximum Gasteiger partial charge on any atom is 0.327 e. The van der Waals surface area contributed by atoms with Crippen molar-refractivity contribution in [2.75, 3.05) is 0 Å². The van der Waals surface area contributed by atoms with E-state index in [0.29, 0.717) is 10.8 Å². The fraction of sp³-hybridized carbons (Fsp3) is 0.429. The zero-order chi connectivity index (χ0) is 15.8. The Bertz CT molecular complexity index is 565. The number of carbonyl (C=O) groups excluding carboxylic acids is 2. The number of rotatable bonds is 3. The van der Waals surface area contributed by atoms with Gasteiger partial charge in [-0.25, -0.2) is 0 Å². The van der Waals surface area contributed by atoms with Crippen LogP contribution in [0.25, 0.3) is 0 Å². The molecule has 21 heavy (non-hydrogen) atoms. The smallest absolute Gasteiger partial charge is 0.327 e. The first kappa shape index (κ1) is 15.9. The molecule has 0 spiro atoms. The fourth-order valence-corrected chi connectivity index (χ4v) is 2.40. The van der Waals surface area contributed by atoms with Crippen LogP contribution in [0.3, 0.4) is 0 Å². The molecule has 1 atom stereocenters. The van der Waals surface area contributed by atoms with Gasteiger partial charge in [-0.2, -0.15) is 0 Å². The second-order valence-electron chi connectivity index (χ2n) is 5.12. The summed E-state index contributed by atoms with van der Waals surface area (Å²) in [7, 11) is 0. The van der Waals surface area contributed by atoms with Crippen molar-refractivity contribution in [1.29, 1.82) is 0 Å². The van der Waals surface area contributed by atoms with Crippen LogP contribution < -0.4 is 4.74 Å². The van der Waals surface area contributed by atoms with Gasteiger partial charge in [0, 0.05) is 18.9 Å². The third-order valence-corrected chi connectivity index (χ3v) is 3.41. The molecule has 1 aliphatic heterocycles. The number of esters is 2. The van der Waals surface area contributed by atoms with Crippen LogP contribution in [0.1, 0.15) is 20.8 Å². The summed E-state index contributed by atoms with van der Waals surface area (Å²) in [5, 5.41) is 0.741. The predicted octanol–water partition coefficient (Wildman–Crippen LogP) is 3.21. The summed E-state index contributed by atoms with van der Waals surface area (Å²) < 4.78 is 15.7. The number of carbonyl (C=O) groups is 2. The number of hydrogen-bond acceptors (Lipinski definition) is 5. The molecule has 0 aliphatic carbocycles. The number of halogens is 2. The van der Waals surface area contributed by atoms with Crippen LogP contribution in [0.5, 0.6) is 5.75 Å². The van der Waals surface area contributed by atoms with Crippen LogP contribution in [0, 0.1) is 5.92 Å². The molecule has 2 rings (SSSR count). The Balaban J connectivity index is 2.14. The molecule has 1 heterocycles. The Labute approximate surface area is 132 Å². The molecule has 0 amide bonds. The first-order valence-corrected chi connectivity index (χ1v) is 7.02. The molecule has 1 fully saturated rings. The van der Waals surface area contributed by atoms with Gasteiger partial charge in [0.05, 0.1) is 5.02 Å². The molecule has 1 saturated heterocycles. The van der Waals surface area contributed by atoms with Crippen LogP contribution >= 0.6 is 23.2 Å². The van der Waals surface area contributed by atoms with E-state index in [4.69, 9.17) is 37.4 Å². The van der Waals surface area contributed by atoms with Gasteiger partial charge < -0.3 is 14.2 Å². The molecular formula is C14H14Cl2O5. The first-order valence-electron chi connectivity index (χ1n) is 6.27. The summed E-state index contributed by atoms with van der Waals surface area (Å²) in [6, 6.07) is 4.66. The lowest BCUT2D eigenvalue weighted by molar-refractivity contribution is -0.243. The van der Waals surface area contributed by atoms with Gasteiger partial charge in [0.1, 0.15) is 11.9 Å². The molecule has 5 nitrogen and oxygen atoms in total. The van der Waals surface area contributed by atoms with Gasteiger partial charge >= 0.3 is 11.9 Å². The summed E-state index contributed by atoms with van der Waals surface area (Å²) in [5.41, 5.74) is 0. The zero-order valence-electron chi connectivity index (χ0n) is 11.7. The van der Waals surface area contributed by atoms with E-state index in [2.05, 4.69) is 0 Å². The summed E-state index contributed by atoms with van der Waals surface area (Å²) in [4.78, 5) is 23.9. The highest BCUT2D eigenvalue weighted by molar-refractivity contribution is 6.35.